The van der Waals surface area contributed by atoms with Gasteiger partial charge in [0, 0.05) is 12.7 Å². The van der Waals surface area contributed by atoms with Crippen LogP contribution < -0.4 is 0 Å². The first-order valence-electron chi connectivity index (χ1n) is 5.06. The van der Waals surface area contributed by atoms with Crippen molar-refractivity contribution < 1.29 is 4.52 Å². The molecule has 1 aliphatic rings. The van der Waals surface area contributed by atoms with E-state index in [9.17, 15) is 0 Å². The fraction of sp³-hybridized carbons (Fsp3) is 0.455. The molecule has 1 aromatic carbocycles. The van der Waals surface area contributed by atoms with Crippen LogP contribution in [-0.4, -0.2) is 24.4 Å². The molecule has 0 saturated carbocycles. The molecule has 1 heterocycles. The third-order valence-corrected chi connectivity index (χ3v) is 6.20. The van der Waals surface area contributed by atoms with Gasteiger partial charge in [-0.3, -0.25) is 4.67 Å². The summed E-state index contributed by atoms with van der Waals surface area (Å²) in [7, 11) is 2.06. The van der Waals surface area contributed by atoms with Crippen molar-refractivity contribution in [2.45, 2.75) is 19.1 Å². The van der Waals surface area contributed by atoms with E-state index in [0.717, 1.165) is 0 Å². The summed E-state index contributed by atoms with van der Waals surface area (Å²) in [6, 6.07) is 10.7. The van der Waals surface area contributed by atoms with Gasteiger partial charge >= 0.3 is 0 Å². The lowest BCUT2D eigenvalue weighted by Crippen LogP contribution is -2.22. The molecule has 0 spiro atoms. The van der Waals surface area contributed by atoms with E-state index in [4.69, 9.17) is 16.3 Å². The first-order chi connectivity index (χ1) is 7.02. The molecular formula is C11H16NOPS. The summed E-state index contributed by atoms with van der Waals surface area (Å²) >= 11 is 5.50. The van der Waals surface area contributed by atoms with Crippen molar-refractivity contribution in [3.8, 4) is 0 Å². The zero-order valence-electron chi connectivity index (χ0n) is 9.25. The molecule has 4 heteroatoms. The summed E-state index contributed by atoms with van der Waals surface area (Å²) in [6.45, 7) is 4.22. The third-order valence-electron chi connectivity index (χ3n) is 3.04. The lowest BCUT2D eigenvalue weighted by atomic mass is 10.0. The summed E-state index contributed by atoms with van der Waals surface area (Å²) in [5.74, 6) is 0. The molecule has 2 rings (SSSR count). The molecule has 15 heavy (non-hydrogen) atoms. The van der Waals surface area contributed by atoms with Gasteiger partial charge in [0.1, 0.15) is 12.5 Å². The molecule has 0 aromatic heterocycles. The Kier molecular flexibility index (Phi) is 3.00. The standard InChI is InChI=1S/C11H16NOPS/c1-9-11(10-7-5-4-6-8-10)13-14(3,15)12(9)2/h4-9,11H,1-3H3/t9?,11?,14-/m1/s1. The maximum atomic E-state index is 6.01. The molecule has 1 fully saturated rings. The number of likely N-dealkylation sites (N-methyl/N-ethyl adjacent to an activating group) is 1. The van der Waals surface area contributed by atoms with Gasteiger partial charge in [-0.15, -0.1) is 0 Å². The Morgan fingerprint density at radius 1 is 1.33 bits per heavy atom. The first-order valence-corrected chi connectivity index (χ1v) is 8.18. The van der Waals surface area contributed by atoms with Crippen molar-refractivity contribution in [1.29, 1.82) is 0 Å². The number of hydrogen-bond acceptors (Lipinski definition) is 2. The highest BCUT2D eigenvalue weighted by Gasteiger charge is 2.39. The van der Waals surface area contributed by atoms with E-state index in [1.54, 1.807) is 0 Å². The van der Waals surface area contributed by atoms with Crippen molar-refractivity contribution in [2.24, 2.45) is 0 Å². The smallest absolute Gasteiger partial charge is 0.129 e. The van der Waals surface area contributed by atoms with Crippen LogP contribution in [-0.2, 0) is 16.3 Å². The highest BCUT2D eigenvalue weighted by molar-refractivity contribution is 8.10. The summed E-state index contributed by atoms with van der Waals surface area (Å²) in [4.78, 5) is 0. The zero-order valence-corrected chi connectivity index (χ0v) is 11.0. The van der Waals surface area contributed by atoms with E-state index in [0.29, 0.717) is 6.04 Å². The minimum atomic E-state index is -1.75. The van der Waals surface area contributed by atoms with Crippen LogP contribution >= 0.6 is 6.42 Å². The minimum Gasteiger partial charge on any atom is -0.328 e. The lowest BCUT2D eigenvalue weighted by molar-refractivity contribution is 0.217. The van der Waals surface area contributed by atoms with Gasteiger partial charge in [0.25, 0.3) is 0 Å². The minimum absolute atomic E-state index is 0.132. The summed E-state index contributed by atoms with van der Waals surface area (Å²) in [5.41, 5.74) is 1.23. The molecule has 0 bridgehead atoms. The van der Waals surface area contributed by atoms with Gasteiger partial charge in [0.2, 0.25) is 0 Å². The molecule has 3 atom stereocenters. The van der Waals surface area contributed by atoms with Gasteiger partial charge in [-0.25, -0.2) is 0 Å². The number of nitrogens with zero attached hydrogens (tertiary/aromatic N) is 1. The van der Waals surface area contributed by atoms with Gasteiger partial charge in [0.05, 0.1) is 0 Å². The molecule has 82 valence electrons. The highest BCUT2D eigenvalue weighted by Crippen LogP contribution is 2.59. The fourth-order valence-electron chi connectivity index (χ4n) is 1.88. The topological polar surface area (TPSA) is 12.5 Å². The normalized spacial score (nSPS) is 37.0. The van der Waals surface area contributed by atoms with Crippen LogP contribution in [0.3, 0.4) is 0 Å². The average molecular weight is 241 g/mol. The van der Waals surface area contributed by atoms with Gasteiger partial charge < -0.3 is 4.52 Å². The average Bonchev–Trinajstić information content (AvgIpc) is 2.44. The van der Waals surface area contributed by atoms with E-state index in [1.807, 2.05) is 24.9 Å². The molecule has 2 unspecified atom stereocenters. The lowest BCUT2D eigenvalue weighted by Gasteiger charge is -2.20. The van der Waals surface area contributed by atoms with E-state index in [-0.39, 0.29) is 6.10 Å². The maximum Gasteiger partial charge on any atom is 0.129 e. The largest absolute Gasteiger partial charge is 0.328 e. The molecule has 2 nitrogen and oxygen atoms in total. The van der Waals surface area contributed by atoms with E-state index >= 15 is 0 Å². The van der Waals surface area contributed by atoms with Crippen molar-refractivity contribution in [3.63, 3.8) is 0 Å². The molecule has 0 radical (unpaired) electrons. The second-order valence-electron chi connectivity index (χ2n) is 4.05. The summed E-state index contributed by atoms with van der Waals surface area (Å²) in [5, 5.41) is 0. The second-order valence-corrected chi connectivity index (χ2v) is 8.53. The van der Waals surface area contributed by atoms with Crippen LogP contribution in [0, 0.1) is 0 Å². The first kappa shape index (κ1) is 11.3. The molecule has 1 aromatic rings. The molecule has 1 aliphatic heterocycles. The zero-order chi connectivity index (χ0) is 11.1. The van der Waals surface area contributed by atoms with Crippen molar-refractivity contribution in [3.05, 3.63) is 35.9 Å². The van der Waals surface area contributed by atoms with E-state index in [2.05, 4.69) is 30.8 Å². The van der Waals surface area contributed by atoms with Crippen molar-refractivity contribution in [2.75, 3.05) is 13.7 Å². The molecule has 0 aliphatic carbocycles. The Bertz CT molecular complexity index is 395. The Labute approximate surface area is 96.4 Å². The Morgan fingerprint density at radius 3 is 2.40 bits per heavy atom. The number of benzene rings is 1. The van der Waals surface area contributed by atoms with Gasteiger partial charge in [-0.05, 0) is 19.5 Å². The van der Waals surface area contributed by atoms with Gasteiger partial charge in [-0.2, -0.15) is 0 Å². The SMILES string of the molecule is CC1C(c2ccccc2)O[P@](C)(=S)N1C. The highest BCUT2D eigenvalue weighted by atomic mass is 32.4. The predicted molar refractivity (Wildman–Crippen MR) is 67.7 cm³/mol. The quantitative estimate of drug-likeness (QED) is 0.701. The summed E-state index contributed by atoms with van der Waals surface area (Å²) < 4.78 is 8.22. The Morgan fingerprint density at radius 2 is 1.93 bits per heavy atom. The third kappa shape index (κ3) is 2.02. The monoisotopic (exact) mass is 241 g/mol. The van der Waals surface area contributed by atoms with Crippen molar-refractivity contribution in [1.82, 2.24) is 4.67 Å². The molecule has 1 saturated heterocycles. The number of hydrogen-bond donors (Lipinski definition) is 0. The number of rotatable bonds is 1. The maximum absolute atomic E-state index is 6.01. The van der Waals surface area contributed by atoms with E-state index < -0.39 is 6.42 Å². The van der Waals surface area contributed by atoms with Crippen LogP contribution in [0.1, 0.15) is 18.6 Å². The Balaban J connectivity index is 2.31. The Hall–Kier alpha value is -0.210. The second kappa shape index (κ2) is 3.99. The predicted octanol–water partition coefficient (Wildman–Crippen LogP) is 3.02. The van der Waals surface area contributed by atoms with Crippen LogP contribution in [0.4, 0.5) is 0 Å². The summed E-state index contributed by atoms with van der Waals surface area (Å²) in [6.07, 6.45) is -1.61. The van der Waals surface area contributed by atoms with Gasteiger partial charge in [-0.1, -0.05) is 42.1 Å². The molecule has 0 amide bonds. The van der Waals surface area contributed by atoms with Gasteiger partial charge in [0.15, 0.2) is 0 Å². The van der Waals surface area contributed by atoms with E-state index in [1.165, 1.54) is 5.56 Å². The van der Waals surface area contributed by atoms with Crippen LogP contribution in [0.15, 0.2) is 30.3 Å². The van der Waals surface area contributed by atoms with Crippen LogP contribution in [0.25, 0.3) is 0 Å². The van der Waals surface area contributed by atoms with Crippen LogP contribution in [0.5, 0.6) is 0 Å². The molecule has 0 N–H and O–H groups in total. The molecular weight excluding hydrogens is 225 g/mol. The van der Waals surface area contributed by atoms with Crippen LogP contribution in [0.2, 0.25) is 0 Å². The fourth-order valence-corrected chi connectivity index (χ4v) is 4.26. The van der Waals surface area contributed by atoms with Crippen molar-refractivity contribution >= 4 is 18.2 Å².